The number of furan rings is 1. The van der Waals surface area contributed by atoms with Crippen LogP contribution in [0, 0.1) is 0 Å². The summed E-state index contributed by atoms with van der Waals surface area (Å²) in [5.41, 5.74) is 1.18. The number of ether oxygens (including phenoxy) is 3. The first-order valence-electron chi connectivity index (χ1n) is 8.76. The average molecular weight is 383 g/mol. The fraction of sp³-hybridized carbons (Fsp3) is 0.238. The number of methoxy groups -OCH3 is 2. The van der Waals surface area contributed by atoms with E-state index in [9.17, 15) is 9.59 Å². The molecule has 1 aromatic heterocycles. The molecule has 0 spiro atoms. The quantitative estimate of drug-likeness (QED) is 0.635. The number of benzene rings is 2. The van der Waals surface area contributed by atoms with Crippen molar-refractivity contribution >= 4 is 28.9 Å². The Balaban J connectivity index is 1.94. The van der Waals surface area contributed by atoms with Gasteiger partial charge in [-0.05, 0) is 19.1 Å². The van der Waals surface area contributed by atoms with Crippen LogP contribution in [0.2, 0.25) is 0 Å². The molecule has 0 unspecified atom stereocenters. The summed E-state index contributed by atoms with van der Waals surface area (Å²) >= 11 is 0. The fourth-order valence-electron chi connectivity index (χ4n) is 2.82. The number of nitrogens with zero attached hydrogens (tertiary/aromatic N) is 1. The summed E-state index contributed by atoms with van der Waals surface area (Å²) in [4.78, 5) is 26.4. The molecule has 7 heteroatoms. The second kappa shape index (κ2) is 8.47. The molecule has 2 amide bonds. The van der Waals surface area contributed by atoms with Gasteiger partial charge in [-0.2, -0.15) is 4.90 Å². The number of hydrogen-bond donors (Lipinski definition) is 0. The van der Waals surface area contributed by atoms with Crippen molar-refractivity contribution in [1.29, 1.82) is 0 Å². The average Bonchev–Trinajstić information content (AvgIpc) is 3.12. The first kappa shape index (κ1) is 19.3. The monoisotopic (exact) mass is 383 g/mol. The van der Waals surface area contributed by atoms with E-state index in [1.807, 2.05) is 18.2 Å². The normalized spacial score (nSPS) is 10.5. The fourth-order valence-corrected chi connectivity index (χ4v) is 2.82. The van der Waals surface area contributed by atoms with Gasteiger partial charge in [0.2, 0.25) is 11.8 Å². The maximum atomic E-state index is 13.0. The maximum absolute atomic E-state index is 13.0. The highest BCUT2D eigenvalue weighted by Crippen LogP contribution is 2.29. The van der Waals surface area contributed by atoms with Crippen LogP contribution < -0.4 is 14.4 Å². The maximum Gasteiger partial charge on any atom is 0.423 e. The first-order valence-corrected chi connectivity index (χ1v) is 8.76. The van der Waals surface area contributed by atoms with Crippen LogP contribution in [0.5, 0.6) is 11.5 Å². The van der Waals surface area contributed by atoms with Crippen LogP contribution in [0.4, 0.5) is 10.7 Å². The Bertz CT molecular complexity index is 960. The lowest BCUT2D eigenvalue weighted by Gasteiger charge is -2.18. The summed E-state index contributed by atoms with van der Waals surface area (Å²) in [6, 6.07) is 14.0. The number of carbonyl (C=O) groups excluding carboxylic acids is 2. The highest BCUT2D eigenvalue weighted by Gasteiger charge is 2.29. The van der Waals surface area contributed by atoms with E-state index in [0.29, 0.717) is 22.6 Å². The van der Waals surface area contributed by atoms with Gasteiger partial charge in [-0.3, -0.25) is 4.79 Å². The third-order valence-electron chi connectivity index (χ3n) is 4.17. The molecule has 0 aliphatic carbocycles. The Morgan fingerprint density at radius 2 is 1.82 bits per heavy atom. The number of rotatable bonds is 6. The van der Waals surface area contributed by atoms with Gasteiger partial charge in [0.15, 0.2) is 0 Å². The minimum Gasteiger partial charge on any atom is -0.497 e. The summed E-state index contributed by atoms with van der Waals surface area (Å²) < 4.78 is 21.3. The molecule has 0 saturated heterocycles. The minimum absolute atomic E-state index is 0.0803. The van der Waals surface area contributed by atoms with Gasteiger partial charge in [0.25, 0.3) is 0 Å². The zero-order valence-corrected chi connectivity index (χ0v) is 15.9. The van der Waals surface area contributed by atoms with Gasteiger partial charge in [-0.25, -0.2) is 4.79 Å². The van der Waals surface area contributed by atoms with E-state index in [1.165, 1.54) is 7.11 Å². The Hall–Kier alpha value is -3.48. The molecule has 0 atom stereocenters. The lowest BCUT2D eigenvalue weighted by Crippen LogP contribution is -2.38. The van der Waals surface area contributed by atoms with Crippen molar-refractivity contribution in [1.82, 2.24) is 0 Å². The molecule has 0 saturated carbocycles. The second-order valence-corrected chi connectivity index (χ2v) is 5.91. The van der Waals surface area contributed by atoms with Crippen LogP contribution in [0.1, 0.15) is 12.5 Å². The molecular weight excluding hydrogens is 362 g/mol. The molecule has 146 valence electrons. The van der Waals surface area contributed by atoms with Crippen molar-refractivity contribution in [2.75, 3.05) is 25.7 Å². The largest absolute Gasteiger partial charge is 0.497 e. The van der Waals surface area contributed by atoms with Gasteiger partial charge in [0, 0.05) is 23.1 Å². The van der Waals surface area contributed by atoms with E-state index >= 15 is 0 Å². The van der Waals surface area contributed by atoms with Gasteiger partial charge in [-0.15, -0.1) is 0 Å². The smallest absolute Gasteiger partial charge is 0.423 e. The molecule has 3 aromatic rings. The molecule has 1 heterocycles. The van der Waals surface area contributed by atoms with Crippen LogP contribution in [-0.2, 0) is 16.0 Å². The lowest BCUT2D eigenvalue weighted by molar-refractivity contribution is -0.117. The Labute approximate surface area is 162 Å². The number of imide groups is 1. The summed E-state index contributed by atoms with van der Waals surface area (Å²) in [7, 11) is 3.05. The van der Waals surface area contributed by atoms with E-state index in [2.05, 4.69) is 0 Å². The van der Waals surface area contributed by atoms with Crippen LogP contribution in [0.15, 0.2) is 52.9 Å². The van der Waals surface area contributed by atoms with Crippen LogP contribution >= 0.6 is 0 Å². The van der Waals surface area contributed by atoms with E-state index in [4.69, 9.17) is 18.6 Å². The number of hydrogen-bond acceptors (Lipinski definition) is 6. The van der Waals surface area contributed by atoms with Crippen molar-refractivity contribution in [3.8, 4) is 11.5 Å². The van der Waals surface area contributed by atoms with E-state index in [-0.39, 0.29) is 18.9 Å². The Morgan fingerprint density at radius 1 is 1.04 bits per heavy atom. The molecular formula is C21H21NO6. The molecule has 0 N–H and O–H groups in total. The standard InChI is InChI=1S/C21H21NO6/c1-4-27-21(24)22(20-12-14-7-5-6-8-17(14)28-20)19(23)11-15-9-10-16(25-2)13-18(15)26-3/h5-10,12-13H,4,11H2,1-3H3. The van der Waals surface area contributed by atoms with Crippen LogP contribution in [0.3, 0.4) is 0 Å². The van der Waals surface area contributed by atoms with E-state index in [0.717, 1.165) is 10.3 Å². The molecule has 0 bridgehead atoms. The summed E-state index contributed by atoms with van der Waals surface area (Å²) in [5.74, 6) is 0.701. The lowest BCUT2D eigenvalue weighted by atomic mass is 10.1. The van der Waals surface area contributed by atoms with E-state index < -0.39 is 12.0 Å². The number of para-hydroxylation sites is 1. The Kier molecular flexibility index (Phi) is 5.84. The van der Waals surface area contributed by atoms with Gasteiger partial charge in [-0.1, -0.05) is 24.3 Å². The number of anilines is 1. The molecule has 0 aliphatic heterocycles. The molecule has 28 heavy (non-hydrogen) atoms. The molecule has 7 nitrogen and oxygen atoms in total. The van der Waals surface area contributed by atoms with Crippen molar-refractivity contribution in [2.45, 2.75) is 13.3 Å². The predicted octanol–water partition coefficient (Wildman–Crippen LogP) is 4.18. The van der Waals surface area contributed by atoms with Gasteiger partial charge in [0.1, 0.15) is 17.1 Å². The van der Waals surface area contributed by atoms with Crippen molar-refractivity contribution in [3.05, 3.63) is 54.1 Å². The predicted molar refractivity (Wildman–Crippen MR) is 104 cm³/mol. The molecule has 3 rings (SSSR count). The van der Waals surface area contributed by atoms with Crippen molar-refractivity contribution in [3.63, 3.8) is 0 Å². The molecule has 0 aliphatic rings. The third-order valence-corrected chi connectivity index (χ3v) is 4.17. The van der Waals surface area contributed by atoms with Crippen molar-refractivity contribution in [2.24, 2.45) is 0 Å². The Morgan fingerprint density at radius 3 is 2.50 bits per heavy atom. The summed E-state index contributed by atoms with van der Waals surface area (Å²) in [6.07, 6.45) is -0.873. The second-order valence-electron chi connectivity index (χ2n) is 5.91. The zero-order chi connectivity index (χ0) is 20.1. The van der Waals surface area contributed by atoms with Crippen LogP contribution in [-0.4, -0.2) is 32.8 Å². The molecule has 2 aromatic carbocycles. The molecule has 0 fully saturated rings. The topological polar surface area (TPSA) is 78.2 Å². The van der Waals surface area contributed by atoms with Gasteiger partial charge < -0.3 is 18.6 Å². The SMILES string of the molecule is CCOC(=O)N(C(=O)Cc1ccc(OC)cc1OC)c1cc2ccccc2o1. The third kappa shape index (κ3) is 3.93. The number of fused-ring (bicyclic) bond motifs is 1. The van der Waals surface area contributed by atoms with Crippen LogP contribution in [0.25, 0.3) is 11.0 Å². The summed E-state index contributed by atoms with van der Waals surface area (Å²) in [5, 5.41) is 0.779. The van der Waals surface area contributed by atoms with E-state index in [1.54, 1.807) is 44.4 Å². The summed E-state index contributed by atoms with van der Waals surface area (Å²) in [6.45, 7) is 1.81. The molecule has 0 radical (unpaired) electrons. The zero-order valence-electron chi connectivity index (χ0n) is 15.9. The highest BCUT2D eigenvalue weighted by atomic mass is 16.6. The van der Waals surface area contributed by atoms with Gasteiger partial charge in [0.05, 0.1) is 27.2 Å². The highest BCUT2D eigenvalue weighted by molar-refractivity contribution is 6.12. The van der Waals surface area contributed by atoms with Gasteiger partial charge >= 0.3 is 6.09 Å². The first-order chi connectivity index (χ1) is 13.6. The number of carbonyl (C=O) groups is 2. The minimum atomic E-state index is -0.793. The van der Waals surface area contributed by atoms with Crippen molar-refractivity contribution < 1.29 is 28.2 Å². The number of amides is 2.